The third-order valence-corrected chi connectivity index (χ3v) is 6.54. The standard InChI is InChI=1S/C20H28N2O6S/c1-29(25,26)22-13-6-7-17-15(8-13)16-9-14(27-18(11-23)20(16)28-17)10-19(24)21-12-4-2-3-5-12/h6-8,12,14,16,18,20,22-23H,2-5,9-11H2,1H3,(H,21,24)/t14-,16+,18+,20-/m1/s1. The number of carbonyl (C=O) groups excluding carboxylic acids is 1. The van der Waals surface area contributed by atoms with E-state index in [0.29, 0.717) is 17.9 Å². The Kier molecular flexibility index (Phi) is 5.72. The molecule has 2 fully saturated rings. The number of rotatable bonds is 6. The van der Waals surface area contributed by atoms with Crippen molar-refractivity contribution < 1.29 is 27.8 Å². The maximum absolute atomic E-state index is 12.4. The number of nitrogens with one attached hydrogen (secondary N) is 2. The van der Waals surface area contributed by atoms with Crippen LogP contribution in [0, 0.1) is 0 Å². The van der Waals surface area contributed by atoms with E-state index in [9.17, 15) is 18.3 Å². The Balaban J connectivity index is 1.48. The van der Waals surface area contributed by atoms with E-state index in [1.54, 1.807) is 18.2 Å². The van der Waals surface area contributed by atoms with Crippen molar-refractivity contribution in [1.29, 1.82) is 0 Å². The second kappa shape index (κ2) is 8.12. The number of aliphatic hydroxyl groups is 1. The molecule has 1 amide bonds. The average Bonchev–Trinajstić information content (AvgIpc) is 3.27. The van der Waals surface area contributed by atoms with Crippen molar-refractivity contribution in [2.24, 2.45) is 0 Å². The normalized spacial score (nSPS) is 29.0. The number of ether oxygens (including phenoxy) is 2. The average molecular weight is 425 g/mol. The molecule has 1 aliphatic carbocycles. The zero-order chi connectivity index (χ0) is 20.6. The molecular formula is C20H28N2O6S. The Morgan fingerprint density at radius 2 is 2.03 bits per heavy atom. The highest BCUT2D eigenvalue weighted by atomic mass is 32.2. The van der Waals surface area contributed by atoms with Crippen LogP contribution in [0.25, 0.3) is 0 Å². The zero-order valence-electron chi connectivity index (χ0n) is 16.5. The van der Waals surface area contributed by atoms with E-state index in [1.807, 2.05) is 0 Å². The number of aliphatic hydroxyl groups excluding tert-OH is 1. The lowest BCUT2D eigenvalue weighted by Crippen LogP contribution is -2.47. The van der Waals surface area contributed by atoms with Gasteiger partial charge < -0.3 is 19.9 Å². The molecule has 1 saturated heterocycles. The number of hydrogen-bond acceptors (Lipinski definition) is 6. The van der Waals surface area contributed by atoms with E-state index in [1.165, 1.54) is 0 Å². The zero-order valence-corrected chi connectivity index (χ0v) is 17.3. The second-order valence-electron chi connectivity index (χ2n) is 8.28. The van der Waals surface area contributed by atoms with Gasteiger partial charge in [0.1, 0.15) is 18.0 Å². The van der Waals surface area contributed by atoms with Gasteiger partial charge in [-0.1, -0.05) is 12.8 Å². The van der Waals surface area contributed by atoms with Crippen LogP contribution in [0.4, 0.5) is 5.69 Å². The summed E-state index contributed by atoms with van der Waals surface area (Å²) < 4.78 is 37.6. The molecule has 2 aliphatic heterocycles. The number of carbonyl (C=O) groups is 1. The SMILES string of the molecule is CS(=O)(=O)Nc1ccc2c(c1)[C@@H]1C[C@H](CC(=O)NC3CCCC3)O[C@@H](CO)[C@@H]1O2. The largest absolute Gasteiger partial charge is 0.487 e. The summed E-state index contributed by atoms with van der Waals surface area (Å²) in [4.78, 5) is 12.4. The summed E-state index contributed by atoms with van der Waals surface area (Å²) >= 11 is 0. The van der Waals surface area contributed by atoms with Gasteiger partial charge in [-0.25, -0.2) is 8.42 Å². The van der Waals surface area contributed by atoms with Crippen LogP contribution in [0.1, 0.15) is 50.0 Å². The van der Waals surface area contributed by atoms with Crippen LogP contribution in [0.5, 0.6) is 5.75 Å². The minimum absolute atomic E-state index is 0.0244. The predicted octanol–water partition coefficient (Wildman–Crippen LogP) is 1.50. The number of sulfonamides is 1. The van der Waals surface area contributed by atoms with Gasteiger partial charge in [0.2, 0.25) is 15.9 Å². The number of anilines is 1. The van der Waals surface area contributed by atoms with E-state index in [-0.39, 0.29) is 43.1 Å². The van der Waals surface area contributed by atoms with Gasteiger partial charge in [-0.3, -0.25) is 9.52 Å². The molecule has 0 aromatic heterocycles. The first-order valence-electron chi connectivity index (χ1n) is 10.2. The lowest BCUT2D eigenvalue weighted by Gasteiger charge is -2.37. The molecule has 0 spiro atoms. The van der Waals surface area contributed by atoms with Crippen LogP contribution in [0.3, 0.4) is 0 Å². The molecule has 0 bridgehead atoms. The summed E-state index contributed by atoms with van der Waals surface area (Å²) in [6, 6.07) is 5.42. The predicted molar refractivity (Wildman–Crippen MR) is 107 cm³/mol. The number of hydrogen-bond donors (Lipinski definition) is 3. The molecule has 4 atom stereocenters. The molecule has 0 radical (unpaired) electrons. The molecule has 1 aromatic rings. The van der Waals surface area contributed by atoms with E-state index >= 15 is 0 Å². The number of amides is 1. The topological polar surface area (TPSA) is 114 Å². The highest BCUT2D eigenvalue weighted by Gasteiger charge is 2.46. The van der Waals surface area contributed by atoms with E-state index in [0.717, 1.165) is 37.5 Å². The van der Waals surface area contributed by atoms with Crippen molar-refractivity contribution in [2.75, 3.05) is 17.6 Å². The fraction of sp³-hybridized carbons (Fsp3) is 0.650. The van der Waals surface area contributed by atoms with E-state index in [2.05, 4.69) is 10.0 Å². The van der Waals surface area contributed by atoms with E-state index in [4.69, 9.17) is 9.47 Å². The summed E-state index contributed by atoms with van der Waals surface area (Å²) in [5.41, 5.74) is 1.35. The summed E-state index contributed by atoms with van der Waals surface area (Å²) in [7, 11) is -3.39. The maximum Gasteiger partial charge on any atom is 0.229 e. The van der Waals surface area contributed by atoms with Gasteiger partial charge in [-0.05, 0) is 37.5 Å². The molecule has 8 nitrogen and oxygen atoms in total. The van der Waals surface area contributed by atoms with Crippen LogP contribution in [0.15, 0.2) is 18.2 Å². The van der Waals surface area contributed by atoms with Crippen LogP contribution < -0.4 is 14.8 Å². The highest BCUT2D eigenvalue weighted by molar-refractivity contribution is 7.92. The summed E-state index contributed by atoms with van der Waals surface area (Å²) in [5.74, 6) is 0.572. The lowest BCUT2D eigenvalue weighted by atomic mass is 9.84. The highest BCUT2D eigenvalue weighted by Crippen LogP contribution is 2.47. The molecule has 160 valence electrons. The Morgan fingerprint density at radius 3 is 2.72 bits per heavy atom. The minimum atomic E-state index is -3.39. The number of fused-ring (bicyclic) bond motifs is 3. The summed E-state index contributed by atoms with van der Waals surface area (Å²) in [6.07, 6.45) is 5.08. The molecule has 2 heterocycles. The molecule has 1 aromatic carbocycles. The van der Waals surface area contributed by atoms with Crippen molar-refractivity contribution >= 4 is 21.6 Å². The minimum Gasteiger partial charge on any atom is -0.487 e. The molecule has 3 N–H and O–H groups in total. The van der Waals surface area contributed by atoms with Crippen LogP contribution in [-0.4, -0.2) is 56.6 Å². The van der Waals surface area contributed by atoms with Gasteiger partial charge in [0.15, 0.2) is 0 Å². The molecule has 4 rings (SSSR count). The van der Waals surface area contributed by atoms with Crippen molar-refractivity contribution in [3.63, 3.8) is 0 Å². The van der Waals surface area contributed by atoms with Gasteiger partial charge in [-0.2, -0.15) is 0 Å². The molecule has 9 heteroatoms. The smallest absolute Gasteiger partial charge is 0.229 e. The summed E-state index contributed by atoms with van der Waals surface area (Å²) in [6.45, 7) is -0.204. The Morgan fingerprint density at radius 1 is 1.28 bits per heavy atom. The Bertz CT molecular complexity index is 868. The molecule has 1 saturated carbocycles. The summed E-state index contributed by atoms with van der Waals surface area (Å²) in [5, 5.41) is 12.9. The first-order chi connectivity index (χ1) is 13.8. The van der Waals surface area contributed by atoms with Gasteiger partial charge >= 0.3 is 0 Å². The molecule has 29 heavy (non-hydrogen) atoms. The van der Waals surface area contributed by atoms with Gasteiger partial charge in [-0.15, -0.1) is 0 Å². The van der Waals surface area contributed by atoms with Crippen molar-refractivity contribution in [2.45, 2.75) is 68.8 Å². The van der Waals surface area contributed by atoms with Crippen molar-refractivity contribution in [3.8, 4) is 5.75 Å². The van der Waals surface area contributed by atoms with Crippen molar-refractivity contribution in [1.82, 2.24) is 5.32 Å². The quantitative estimate of drug-likeness (QED) is 0.638. The molecular weight excluding hydrogens is 396 g/mol. The maximum atomic E-state index is 12.4. The fourth-order valence-electron chi connectivity index (χ4n) is 4.73. The van der Waals surface area contributed by atoms with Gasteiger partial charge in [0, 0.05) is 23.2 Å². The van der Waals surface area contributed by atoms with Crippen LogP contribution in [0.2, 0.25) is 0 Å². The van der Waals surface area contributed by atoms with Gasteiger partial charge in [0.25, 0.3) is 0 Å². The Hall–Kier alpha value is -1.84. The third kappa shape index (κ3) is 4.67. The first kappa shape index (κ1) is 20.4. The fourth-order valence-corrected chi connectivity index (χ4v) is 5.29. The first-order valence-corrected chi connectivity index (χ1v) is 12.1. The van der Waals surface area contributed by atoms with Crippen LogP contribution in [-0.2, 0) is 19.6 Å². The third-order valence-electron chi connectivity index (χ3n) is 5.94. The number of benzene rings is 1. The second-order valence-corrected chi connectivity index (χ2v) is 10.0. The van der Waals surface area contributed by atoms with E-state index < -0.39 is 16.1 Å². The monoisotopic (exact) mass is 424 g/mol. The van der Waals surface area contributed by atoms with Gasteiger partial charge in [0.05, 0.1) is 25.4 Å². The Labute approximate surface area is 171 Å². The van der Waals surface area contributed by atoms with Crippen LogP contribution >= 0.6 is 0 Å². The molecule has 3 aliphatic rings. The van der Waals surface area contributed by atoms with Crippen molar-refractivity contribution in [3.05, 3.63) is 23.8 Å². The lowest BCUT2D eigenvalue weighted by molar-refractivity contribution is -0.142. The molecule has 0 unspecified atom stereocenters.